The van der Waals surface area contributed by atoms with Crippen molar-refractivity contribution >= 4 is 11.8 Å². The van der Waals surface area contributed by atoms with E-state index in [1.165, 1.54) is 36.3 Å². The van der Waals surface area contributed by atoms with Gasteiger partial charge in [0.25, 0.3) is 0 Å². The molecule has 1 aromatic heterocycles. The van der Waals surface area contributed by atoms with Crippen molar-refractivity contribution < 1.29 is 0 Å². The minimum atomic E-state index is 0.563. The molecular formula is C16H21N3S. The van der Waals surface area contributed by atoms with Crippen LogP contribution < -0.4 is 5.73 Å². The van der Waals surface area contributed by atoms with Crippen LogP contribution in [-0.4, -0.2) is 15.0 Å². The van der Waals surface area contributed by atoms with E-state index in [1.54, 1.807) is 0 Å². The molecule has 20 heavy (non-hydrogen) atoms. The van der Waals surface area contributed by atoms with Gasteiger partial charge < -0.3 is 5.73 Å². The minimum absolute atomic E-state index is 0.563. The predicted octanol–water partition coefficient (Wildman–Crippen LogP) is 3.67. The number of para-hydroxylation sites is 1. The van der Waals surface area contributed by atoms with Crippen molar-refractivity contribution in [3.05, 3.63) is 41.6 Å². The summed E-state index contributed by atoms with van der Waals surface area (Å²) in [6.07, 6.45) is 5.34. The number of nitrogens with two attached hydrogens (primary N) is 1. The summed E-state index contributed by atoms with van der Waals surface area (Å²) in [6.45, 7) is 2.62. The molecule has 0 aliphatic heterocycles. The number of rotatable bonds is 4. The lowest BCUT2D eigenvalue weighted by atomic mass is 10.3. The number of nitrogens with zero attached hydrogens (tertiary/aromatic N) is 2. The van der Waals surface area contributed by atoms with Gasteiger partial charge in [0.2, 0.25) is 0 Å². The summed E-state index contributed by atoms with van der Waals surface area (Å²) < 4.78 is 2.07. The molecule has 1 aliphatic rings. The Labute approximate surface area is 124 Å². The molecule has 1 heterocycles. The first kappa shape index (κ1) is 13.7. The van der Waals surface area contributed by atoms with E-state index in [0.717, 1.165) is 16.6 Å². The fourth-order valence-corrected chi connectivity index (χ4v) is 4.31. The molecule has 0 radical (unpaired) electrons. The van der Waals surface area contributed by atoms with Crippen molar-refractivity contribution in [3.63, 3.8) is 0 Å². The van der Waals surface area contributed by atoms with E-state index in [1.807, 2.05) is 17.8 Å². The first-order valence-corrected chi connectivity index (χ1v) is 8.18. The van der Waals surface area contributed by atoms with Gasteiger partial charge in [0.05, 0.1) is 11.4 Å². The van der Waals surface area contributed by atoms with Gasteiger partial charge in [-0.25, -0.2) is 4.68 Å². The second-order valence-electron chi connectivity index (χ2n) is 5.34. The molecule has 1 aromatic carbocycles. The predicted molar refractivity (Wildman–Crippen MR) is 84.3 cm³/mol. The Morgan fingerprint density at radius 2 is 1.95 bits per heavy atom. The maximum absolute atomic E-state index is 5.95. The topological polar surface area (TPSA) is 43.8 Å². The van der Waals surface area contributed by atoms with Crippen LogP contribution in [0.2, 0.25) is 0 Å². The number of benzene rings is 1. The average molecular weight is 287 g/mol. The van der Waals surface area contributed by atoms with Crippen molar-refractivity contribution in [1.29, 1.82) is 0 Å². The number of aromatic nitrogens is 2. The van der Waals surface area contributed by atoms with Gasteiger partial charge in [-0.2, -0.15) is 5.10 Å². The SMILES string of the molecule is Cc1nn(-c2ccccc2)c(SC2CCCC2)c1CN. The second kappa shape index (κ2) is 6.02. The molecule has 4 heteroatoms. The molecule has 106 valence electrons. The Hall–Kier alpha value is -1.26. The van der Waals surface area contributed by atoms with E-state index in [4.69, 9.17) is 10.8 Å². The summed E-state index contributed by atoms with van der Waals surface area (Å²) >= 11 is 1.97. The molecule has 0 spiro atoms. The summed E-state index contributed by atoms with van der Waals surface area (Å²) in [5.41, 5.74) is 9.32. The van der Waals surface area contributed by atoms with Crippen LogP contribution in [0.25, 0.3) is 5.69 Å². The van der Waals surface area contributed by atoms with Gasteiger partial charge in [-0.05, 0) is 31.9 Å². The van der Waals surface area contributed by atoms with E-state index in [2.05, 4.69) is 35.9 Å². The van der Waals surface area contributed by atoms with Gasteiger partial charge in [-0.1, -0.05) is 31.0 Å². The van der Waals surface area contributed by atoms with E-state index in [9.17, 15) is 0 Å². The second-order valence-corrected chi connectivity index (χ2v) is 6.63. The van der Waals surface area contributed by atoms with Crippen LogP contribution in [-0.2, 0) is 6.54 Å². The Morgan fingerprint density at radius 1 is 1.25 bits per heavy atom. The summed E-state index contributed by atoms with van der Waals surface area (Å²) in [4.78, 5) is 0. The summed E-state index contributed by atoms with van der Waals surface area (Å²) in [6, 6.07) is 10.3. The van der Waals surface area contributed by atoms with Crippen LogP contribution in [0.15, 0.2) is 35.4 Å². The van der Waals surface area contributed by atoms with E-state index >= 15 is 0 Å². The molecule has 0 bridgehead atoms. The number of hydrogen-bond donors (Lipinski definition) is 1. The highest BCUT2D eigenvalue weighted by molar-refractivity contribution is 7.99. The first-order valence-electron chi connectivity index (χ1n) is 7.30. The third-order valence-corrected chi connectivity index (χ3v) is 5.37. The van der Waals surface area contributed by atoms with Crippen LogP contribution in [0.5, 0.6) is 0 Å². The summed E-state index contributed by atoms with van der Waals surface area (Å²) in [5.74, 6) is 0. The standard InChI is InChI=1S/C16H21N3S/c1-12-15(11-17)16(20-14-9-5-6-10-14)19(18-12)13-7-3-2-4-8-13/h2-4,7-8,14H,5-6,9-11,17H2,1H3. The number of aryl methyl sites for hydroxylation is 1. The van der Waals surface area contributed by atoms with Crippen LogP contribution in [0.4, 0.5) is 0 Å². The maximum atomic E-state index is 5.95. The molecule has 0 atom stereocenters. The quantitative estimate of drug-likeness (QED) is 0.933. The highest BCUT2D eigenvalue weighted by Crippen LogP contribution is 2.38. The normalized spacial score (nSPS) is 15.9. The lowest BCUT2D eigenvalue weighted by molar-refractivity contribution is 0.781. The molecule has 0 saturated heterocycles. The Kier molecular flexibility index (Phi) is 4.13. The molecule has 1 fully saturated rings. The maximum Gasteiger partial charge on any atom is 0.105 e. The molecular weight excluding hydrogens is 266 g/mol. The highest BCUT2D eigenvalue weighted by Gasteiger charge is 2.22. The lowest BCUT2D eigenvalue weighted by Gasteiger charge is -2.13. The largest absolute Gasteiger partial charge is 0.326 e. The van der Waals surface area contributed by atoms with Crippen molar-refractivity contribution in [2.75, 3.05) is 0 Å². The molecule has 3 nitrogen and oxygen atoms in total. The van der Waals surface area contributed by atoms with E-state index in [0.29, 0.717) is 6.54 Å². The molecule has 2 aromatic rings. The van der Waals surface area contributed by atoms with Gasteiger partial charge in [-0.3, -0.25) is 0 Å². The van der Waals surface area contributed by atoms with E-state index in [-0.39, 0.29) is 0 Å². The zero-order valence-electron chi connectivity index (χ0n) is 11.9. The third-order valence-electron chi connectivity index (χ3n) is 3.92. The molecule has 1 aliphatic carbocycles. The minimum Gasteiger partial charge on any atom is -0.326 e. The van der Waals surface area contributed by atoms with E-state index < -0.39 is 0 Å². The fourth-order valence-electron chi connectivity index (χ4n) is 2.80. The van der Waals surface area contributed by atoms with Gasteiger partial charge in [-0.15, -0.1) is 11.8 Å². The van der Waals surface area contributed by atoms with Crippen molar-refractivity contribution in [2.24, 2.45) is 5.73 Å². The van der Waals surface area contributed by atoms with Crippen molar-refractivity contribution in [3.8, 4) is 5.69 Å². The van der Waals surface area contributed by atoms with Gasteiger partial charge in [0.1, 0.15) is 5.03 Å². The molecule has 0 unspecified atom stereocenters. The monoisotopic (exact) mass is 287 g/mol. The van der Waals surface area contributed by atoms with Crippen LogP contribution in [0.3, 0.4) is 0 Å². The molecule has 3 rings (SSSR count). The average Bonchev–Trinajstić information content (AvgIpc) is 3.08. The zero-order chi connectivity index (χ0) is 13.9. The Morgan fingerprint density at radius 3 is 2.60 bits per heavy atom. The van der Waals surface area contributed by atoms with Gasteiger partial charge in [0.15, 0.2) is 0 Å². The third kappa shape index (κ3) is 2.63. The van der Waals surface area contributed by atoms with Crippen LogP contribution >= 0.6 is 11.8 Å². The Balaban J connectivity index is 2.00. The molecule has 2 N–H and O–H groups in total. The summed E-state index contributed by atoms with van der Waals surface area (Å²) in [7, 11) is 0. The smallest absolute Gasteiger partial charge is 0.105 e. The number of hydrogen-bond acceptors (Lipinski definition) is 3. The number of thioether (sulfide) groups is 1. The Bertz CT molecular complexity index is 571. The van der Waals surface area contributed by atoms with Crippen LogP contribution in [0, 0.1) is 6.92 Å². The van der Waals surface area contributed by atoms with Gasteiger partial charge in [0, 0.05) is 17.4 Å². The van der Waals surface area contributed by atoms with Crippen LogP contribution in [0.1, 0.15) is 36.9 Å². The van der Waals surface area contributed by atoms with Crippen molar-refractivity contribution in [2.45, 2.75) is 49.4 Å². The zero-order valence-corrected chi connectivity index (χ0v) is 12.7. The highest BCUT2D eigenvalue weighted by atomic mass is 32.2. The lowest BCUT2D eigenvalue weighted by Crippen LogP contribution is -2.05. The molecule has 0 amide bonds. The summed E-state index contributed by atoms with van der Waals surface area (Å²) in [5, 5.41) is 6.67. The van der Waals surface area contributed by atoms with Gasteiger partial charge >= 0.3 is 0 Å². The first-order chi connectivity index (χ1) is 9.79. The van der Waals surface area contributed by atoms with Crippen molar-refractivity contribution in [1.82, 2.24) is 9.78 Å². The fraction of sp³-hybridized carbons (Fsp3) is 0.438. The molecule has 1 saturated carbocycles.